The summed E-state index contributed by atoms with van der Waals surface area (Å²) in [5.74, 6) is -3.10. The third-order valence-corrected chi connectivity index (χ3v) is 2.29. The molecule has 7 heteroatoms. The van der Waals surface area contributed by atoms with Gasteiger partial charge in [-0.3, -0.25) is 0 Å². The largest absolute Gasteiger partial charge is 0.478 e. The highest BCUT2D eigenvalue weighted by Crippen LogP contribution is 2.29. The molecule has 0 radical (unpaired) electrons. The molecule has 0 heterocycles. The van der Waals surface area contributed by atoms with Crippen LogP contribution >= 0.6 is 11.6 Å². The number of aliphatic hydroxyl groups excluding tert-OH is 2. The van der Waals surface area contributed by atoms with Gasteiger partial charge in [0.2, 0.25) is 0 Å². The van der Waals surface area contributed by atoms with Crippen molar-refractivity contribution in [2.45, 2.75) is 12.2 Å². The summed E-state index contributed by atoms with van der Waals surface area (Å²) < 4.78 is 0. The lowest BCUT2D eigenvalue weighted by atomic mass is 9.94. The lowest BCUT2D eigenvalue weighted by Crippen LogP contribution is -2.32. The normalized spacial score (nSPS) is 26.2. The molecule has 82 valence electrons. The number of hydrogen-bond acceptors (Lipinski definition) is 4. The number of aliphatic hydroxyl groups is 2. The molecule has 15 heavy (non-hydrogen) atoms. The van der Waals surface area contributed by atoms with Gasteiger partial charge in [0.05, 0.1) is 16.2 Å². The molecule has 0 aromatic carbocycles. The van der Waals surface area contributed by atoms with Crippen molar-refractivity contribution in [3.8, 4) is 0 Å². The van der Waals surface area contributed by atoms with Gasteiger partial charge in [0, 0.05) is 0 Å². The van der Waals surface area contributed by atoms with Crippen molar-refractivity contribution < 1.29 is 30.0 Å². The molecular formula is C8H7ClO6. The lowest BCUT2D eigenvalue weighted by Gasteiger charge is -2.22. The van der Waals surface area contributed by atoms with Gasteiger partial charge >= 0.3 is 11.9 Å². The predicted octanol–water partition coefficient (Wildman–Crippen LogP) is -0.690. The van der Waals surface area contributed by atoms with Crippen molar-refractivity contribution in [3.05, 3.63) is 22.3 Å². The first-order valence-electron chi connectivity index (χ1n) is 3.80. The maximum absolute atomic E-state index is 10.7. The van der Waals surface area contributed by atoms with Crippen LogP contribution in [0.2, 0.25) is 0 Å². The zero-order chi connectivity index (χ0) is 11.7. The minimum Gasteiger partial charge on any atom is -0.478 e. The van der Waals surface area contributed by atoms with Gasteiger partial charge in [-0.25, -0.2) is 9.59 Å². The third-order valence-electron chi connectivity index (χ3n) is 1.87. The second kappa shape index (κ2) is 4.01. The van der Waals surface area contributed by atoms with Crippen molar-refractivity contribution in [2.24, 2.45) is 0 Å². The van der Waals surface area contributed by atoms with E-state index >= 15 is 0 Å². The molecule has 6 nitrogen and oxygen atoms in total. The van der Waals surface area contributed by atoms with Gasteiger partial charge in [-0.2, -0.15) is 0 Å². The Labute approximate surface area is 88.7 Å². The second-order valence-corrected chi connectivity index (χ2v) is 3.26. The molecule has 0 aliphatic heterocycles. The number of halogens is 1. The first-order valence-corrected chi connectivity index (χ1v) is 4.18. The quantitative estimate of drug-likeness (QED) is 0.503. The highest BCUT2D eigenvalue weighted by molar-refractivity contribution is 6.34. The maximum atomic E-state index is 10.7. The van der Waals surface area contributed by atoms with Crippen LogP contribution in [0, 0.1) is 0 Å². The Morgan fingerprint density at radius 1 is 1.20 bits per heavy atom. The van der Waals surface area contributed by atoms with E-state index in [1.165, 1.54) is 0 Å². The minimum atomic E-state index is -1.61. The average molecular weight is 235 g/mol. The van der Waals surface area contributed by atoms with E-state index in [0.29, 0.717) is 0 Å². The van der Waals surface area contributed by atoms with Crippen molar-refractivity contribution in [3.63, 3.8) is 0 Å². The second-order valence-electron chi connectivity index (χ2n) is 2.85. The molecule has 0 saturated heterocycles. The molecule has 0 aromatic heterocycles. The first kappa shape index (κ1) is 11.7. The van der Waals surface area contributed by atoms with Gasteiger partial charge in [0.1, 0.15) is 12.2 Å². The summed E-state index contributed by atoms with van der Waals surface area (Å²) in [4.78, 5) is 21.3. The minimum absolute atomic E-state index is 0.588. The van der Waals surface area contributed by atoms with E-state index in [-0.39, 0.29) is 0 Å². The van der Waals surface area contributed by atoms with E-state index < -0.39 is 40.3 Å². The zero-order valence-corrected chi connectivity index (χ0v) is 7.97. The van der Waals surface area contributed by atoms with Crippen LogP contribution in [0.4, 0.5) is 0 Å². The molecule has 2 atom stereocenters. The van der Waals surface area contributed by atoms with E-state index in [0.717, 1.165) is 6.08 Å². The zero-order valence-electron chi connectivity index (χ0n) is 7.22. The van der Waals surface area contributed by atoms with Crippen molar-refractivity contribution >= 4 is 23.5 Å². The van der Waals surface area contributed by atoms with E-state index in [2.05, 4.69) is 0 Å². The molecule has 1 rings (SSSR count). The Hall–Kier alpha value is -1.37. The van der Waals surface area contributed by atoms with Crippen molar-refractivity contribution in [1.82, 2.24) is 0 Å². The number of aliphatic carboxylic acids is 2. The maximum Gasteiger partial charge on any atom is 0.337 e. The molecule has 0 bridgehead atoms. The number of rotatable bonds is 2. The molecule has 1 aliphatic rings. The van der Waals surface area contributed by atoms with Gasteiger partial charge in [-0.05, 0) is 6.08 Å². The van der Waals surface area contributed by atoms with E-state index in [1.54, 1.807) is 0 Å². The predicted molar refractivity (Wildman–Crippen MR) is 48.2 cm³/mol. The summed E-state index contributed by atoms with van der Waals surface area (Å²) in [5.41, 5.74) is -1.34. The summed E-state index contributed by atoms with van der Waals surface area (Å²) in [7, 11) is 0. The third kappa shape index (κ3) is 2.01. The lowest BCUT2D eigenvalue weighted by molar-refractivity contribution is -0.136. The van der Waals surface area contributed by atoms with Crippen LogP contribution in [0.15, 0.2) is 22.3 Å². The SMILES string of the molecule is O=C(O)C1=CC(O)C(O)C(Cl)=C1C(=O)O. The van der Waals surface area contributed by atoms with Crippen LogP contribution in [0.5, 0.6) is 0 Å². The summed E-state index contributed by atoms with van der Waals surface area (Å²) in [6, 6.07) is 0. The Morgan fingerprint density at radius 2 is 1.73 bits per heavy atom. The van der Waals surface area contributed by atoms with E-state index in [4.69, 9.17) is 26.9 Å². The number of hydrogen-bond donors (Lipinski definition) is 4. The van der Waals surface area contributed by atoms with Gasteiger partial charge in [0.25, 0.3) is 0 Å². The van der Waals surface area contributed by atoms with Crippen molar-refractivity contribution in [2.75, 3.05) is 0 Å². The Morgan fingerprint density at radius 3 is 2.13 bits per heavy atom. The van der Waals surface area contributed by atoms with E-state index in [9.17, 15) is 14.7 Å². The average Bonchev–Trinajstić information content (AvgIpc) is 2.12. The topological polar surface area (TPSA) is 115 Å². The number of carbonyl (C=O) groups is 2. The smallest absolute Gasteiger partial charge is 0.337 e. The summed E-state index contributed by atoms with van der Waals surface area (Å²) in [6.45, 7) is 0. The summed E-state index contributed by atoms with van der Waals surface area (Å²) in [6.07, 6.45) is -2.39. The van der Waals surface area contributed by atoms with Crippen LogP contribution in [0.25, 0.3) is 0 Å². The molecule has 2 unspecified atom stereocenters. The highest BCUT2D eigenvalue weighted by atomic mass is 35.5. The van der Waals surface area contributed by atoms with Crippen LogP contribution in [-0.2, 0) is 9.59 Å². The standard InChI is InChI=1S/C8H7ClO6/c9-5-4(8(14)15)2(7(12)13)1-3(10)6(5)11/h1,3,6,10-11H,(H,12,13)(H,14,15). The molecule has 0 spiro atoms. The van der Waals surface area contributed by atoms with E-state index in [1.807, 2.05) is 0 Å². The molecular weight excluding hydrogens is 228 g/mol. The van der Waals surface area contributed by atoms with Gasteiger partial charge in [-0.15, -0.1) is 0 Å². The van der Waals surface area contributed by atoms with Crippen LogP contribution in [0.1, 0.15) is 0 Å². The summed E-state index contributed by atoms with van der Waals surface area (Å²) in [5, 5.41) is 35.2. The molecule has 0 fully saturated rings. The van der Waals surface area contributed by atoms with Crippen LogP contribution < -0.4 is 0 Å². The monoisotopic (exact) mass is 234 g/mol. The van der Waals surface area contributed by atoms with Crippen LogP contribution in [-0.4, -0.2) is 44.6 Å². The highest BCUT2D eigenvalue weighted by Gasteiger charge is 2.34. The molecule has 0 saturated carbocycles. The van der Waals surface area contributed by atoms with Crippen LogP contribution in [0.3, 0.4) is 0 Å². The van der Waals surface area contributed by atoms with Gasteiger partial charge in [0.15, 0.2) is 0 Å². The fraction of sp³-hybridized carbons (Fsp3) is 0.250. The fourth-order valence-electron chi connectivity index (χ4n) is 1.17. The molecule has 0 aromatic rings. The molecule has 1 aliphatic carbocycles. The number of carboxylic acid groups (broad SMARTS) is 2. The summed E-state index contributed by atoms with van der Waals surface area (Å²) >= 11 is 5.45. The number of carboxylic acids is 2. The first-order chi connectivity index (χ1) is 6.86. The molecule has 0 amide bonds. The van der Waals surface area contributed by atoms with Crippen molar-refractivity contribution in [1.29, 1.82) is 0 Å². The Kier molecular flexibility index (Phi) is 3.13. The fourth-order valence-corrected chi connectivity index (χ4v) is 1.48. The van der Waals surface area contributed by atoms with Gasteiger partial charge in [-0.1, -0.05) is 11.6 Å². The Balaban J connectivity index is 3.32. The van der Waals surface area contributed by atoms with Gasteiger partial charge < -0.3 is 20.4 Å². The Bertz CT molecular complexity index is 383. The molecule has 4 N–H and O–H groups in total.